The minimum absolute atomic E-state index is 0.0828. The highest BCUT2D eigenvalue weighted by Crippen LogP contribution is 2.27. The molecule has 60 valence electrons. The van der Waals surface area contributed by atoms with Gasteiger partial charge in [0.05, 0.1) is 4.92 Å². The average Bonchev–Trinajstić information content (AvgIpc) is 1.86. The fourth-order valence-corrected chi connectivity index (χ4v) is 0.950. The first-order valence-electron chi connectivity index (χ1n) is 3.55. The maximum absolute atomic E-state index is 10.3. The summed E-state index contributed by atoms with van der Waals surface area (Å²) >= 11 is 0. The molecule has 0 saturated carbocycles. The molecule has 0 aromatic rings. The van der Waals surface area contributed by atoms with E-state index in [-0.39, 0.29) is 16.0 Å². The fourth-order valence-electron chi connectivity index (χ4n) is 0.950. The zero-order chi connectivity index (χ0) is 8.48. The summed E-state index contributed by atoms with van der Waals surface area (Å²) in [5.74, 6) is 0. The molecular formula is C8H11NO2. The summed E-state index contributed by atoms with van der Waals surface area (Å²) in [6.45, 7) is 4.10. The smallest absolute Gasteiger partial charge is 0.258 e. The molecule has 3 nitrogen and oxygen atoms in total. The van der Waals surface area contributed by atoms with Gasteiger partial charge in [-0.15, -0.1) is 0 Å². The third kappa shape index (κ3) is 1.90. The van der Waals surface area contributed by atoms with E-state index in [1.54, 1.807) is 12.2 Å². The van der Waals surface area contributed by atoms with E-state index in [1.807, 2.05) is 6.08 Å². The highest BCUT2D eigenvalue weighted by atomic mass is 16.6. The molecule has 1 rings (SSSR count). The molecule has 0 amide bonds. The van der Waals surface area contributed by atoms with Crippen LogP contribution in [-0.4, -0.2) is 4.92 Å². The van der Waals surface area contributed by atoms with Gasteiger partial charge in [-0.05, 0) is 17.9 Å². The van der Waals surface area contributed by atoms with Crippen LogP contribution in [0.2, 0.25) is 0 Å². The van der Waals surface area contributed by atoms with Crippen LogP contribution in [0.25, 0.3) is 0 Å². The molecule has 0 radical (unpaired) electrons. The zero-order valence-electron chi connectivity index (χ0n) is 6.70. The van der Waals surface area contributed by atoms with E-state index in [0.29, 0.717) is 0 Å². The molecule has 0 bridgehead atoms. The molecule has 11 heavy (non-hydrogen) atoms. The molecular weight excluding hydrogens is 142 g/mol. The van der Waals surface area contributed by atoms with Gasteiger partial charge >= 0.3 is 0 Å². The van der Waals surface area contributed by atoms with Crippen molar-refractivity contribution in [3.8, 4) is 0 Å². The Bertz CT molecular complexity index is 238. The van der Waals surface area contributed by atoms with Crippen LogP contribution in [0.1, 0.15) is 20.3 Å². The highest BCUT2D eigenvalue weighted by molar-refractivity contribution is 5.19. The lowest BCUT2D eigenvalue weighted by Gasteiger charge is -2.19. The molecule has 0 aromatic heterocycles. The van der Waals surface area contributed by atoms with E-state index in [9.17, 15) is 10.1 Å². The Labute approximate surface area is 65.6 Å². The van der Waals surface area contributed by atoms with E-state index in [4.69, 9.17) is 0 Å². The van der Waals surface area contributed by atoms with Gasteiger partial charge in [-0.1, -0.05) is 19.9 Å². The van der Waals surface area contributed by atoms with E-state index in [0.717, 1.165) is 6.42 Å². The van der Waals surface area contributed by atoms with Crippen molar-refractivity contribution in [2.75, 3.05) is 0 Å². The second-order valence-electron chi connectivity index (χ2n) is 3.41. The lowest BCUT2D eigenvalue weighted by molar-refractivity contribution is -0.419. The Hall–Kier alpha value is -1.12. The van der Waals surface area contributed by atoms with Crippen molar-refractivity contribution in [3.05, 3.63) is 34.0 Å². The van der Waals surface area contributed by atoms with E-state index in [2.05, 4.69) is 13.8 Å². The number of nitro groups is 1. The molecule has 0 fully saturated rings. The Morgan fingerprint density at radius 3 is 2.64 bits per heavy atom. The number of hydrogen-bond acceptors (Lipinski definition) is 2. The maximum atomic E-state index is 10.3. The van der Waals surface area contributed by atoms with Gasteiger partial charge in [0.25, 0.3) is 5.70 Å². The van der Waals surface area contributed by atoms with Crippen LogP contribution < -0.4 is 0 Å². The van der Waals surface area contributed by atoms with Crippen LogP contribution in [-0.2, 0) is 0 Å². The SMILES string of the molecule is CC1(C)C=CC([N+](=O)[O-])=CC1. The van der Waals surface area contributed by atoms with Gasteiger partial charge in [0.1, 0.15) is 0 Å². The van der Waals surface area contributed by atoms with Crippen molar-refractivity contribution in [1.29, 1.82) is 0 Å². The summed E-state index contributed by atoms with van der Waals surface area (Å²) in [5, 5.41) is 10.3. The predicted molar refractivity (Wildman–Crippen MR) is 42.6 cm³/mol. The molecule has 0 spiro atoms. The van der Waals surface area contributed by atoms with E-state index in [1.165, 1.54) is 0 Å². The van der Waals surface area contributed by atoms with Crippen molar-refractivity contribution in [2.24, 2.45) is 5.41 Å². The minimum atomic E-state index is -0.355. The summed E-state index contributed by atoms with van der Waals surface area (Å²) in [7, 11) is 0. The average molecular weight is 153 g/mol. The van der Waals surface area contributed by atoms with Gasteiger partial charge in [-0.2, -0.15) is 0 Å². The van der Waals surface area contributed by atoms with Crippen LogP contribution in [0.4, 0.5) is 0 Å². The number of hydrogen-bond donors (Lipinski definition) is 0. The molecule has 1 aliphatic carbocycles. The first-order valence-corrected chi connectivity index (χ1v) is 3.55. The summed E-state index contributed by atoms with van der Waals surface area (Å²) < 4.78 is 0. The molecule has 0 aliphatic heterocycles. The lowest BCUT2D eigenvalue weighted by Crippen LogP contribution is -2.11. The molecule has 0 unspecified atom stereocenters. The zero-order valence-corrected chi connectivity index (χ0v) is 6.70. The molecule has 3 heteroatoms. The molecule has 0 atom stereocenters. The normalized spacial score (nSPS) is 21.1. The fraction of sp³-hybridized carbons (Fsp3) is 0.500. The van der Waals surface area contributed by atoms with Crippen LogP contribution in [0.15, 0.2) is 23.9 Å². The van der Waals surface area contributed by atoms with Gasteiger partial charge in [-0.25, -0.2) is 0 Å². The van der Waals surface area contributed by atoms with Gasteiger partial charge < -0.3 is 0 Å². The van der Waals surface area contributed by atoms with Gasteiger partial charge in [-0.3, -0.25) is 10.1 Å². The largest absolute Gasteiger partial charge is 0.265 e. The minimum Gasteiger partial charge on any atom is -0.258 e. The Morgan fingerprint density at radius 2 is 2.27 bits per heavy atom. The van der Waals surface area contributed by atoms with Crippen molar-refractivity contribution in [3.63, 3.8) is 0 Å². The number of allylic oxidation sites excluding steroid dienone is 3. The molecule has 0 aromatic carbocycles. The van der Waals surface area contributed by atoms with Gasteiger partial charge in [0.2, 0.25) is 0 Å². The highest BCUT2D eigenvalue weighted by Gasteiger charge is 2.20. The van der Waals surface area contributed by atoms with Crippen molar-refractivity contribution in [2.45, 2.75) is 20.3 Å². The van der Waals surface area contributed by atoms with Gasteiger partial charge in [0.15, 0.2) is 0 Å². The van der Waals surface area contributed by atoms with Crippen molar-refractivity contribution < 1.29 is 4.92 Å². The topological polar surface area (TPSA) is 43.1 Å². The first-order chi connectivity index (χ1) is 5.01. The Balaban J connectivity index is 2.75. The van der Waals surface area contributed by atoms with Crippen LogP contribution in [0.5, 0.6) is 0 Å². The van der Waals surface area contributed by atoms with Crippen LogP contribution in [0.3, 0.4) is 0 Å². The monoisotopic (exact) mass is 153 g/mol. The molecule has 0 heterocycles. The summed E-state index contributed by atoms with van der Waals surface area (Å²) in [5.41, 5.74) is 0.295. The van der Waals surface area contributed by atoms with Gasteiger partial charge in [0, 0.05) is 6.08 Å². The van der Waals surface area contributed by atoms with Crippen LogP contribution in [0, 0.1) is 15.5 Å². The third-order valence-electron chi connectivity index (χ3n) is 1.75. The third-order valence-corrected chi connectivity index (χ3v) is 1.75. The Kier molecular flexibility index (Phi) is 1.81. The number of nitrogens with zero attached hydrogens (tertiary/aromatic N) is 1. The number of rotatable bonds is 1. The first kappa shape index (κ1) is 7.98. The van der Waals surface area contributed by atoms with Crippen LogP contribution >= 0.6 is 0 Å². The second-order valence-corrected chi connectivity index (χ2v) is 3.41. The van der Waals surface area contributed by atoms with Crippen molar-refractivity contribution in [1.82, 2.24) is 0 Å². The van der Waals surface area contributed by atoms with Crippen molar-refractivity contribution >= 4 is 0 Å². The summed E-state index contributed by atoms with van der Waals surface area (Å²) in [4.78, 5) is 9.90. The van der Waals surface area contributed by atoms with E-state index < -0.39 is 0 Å². The Morgan fingerprint density at radius 1 is 1.64 bits per heavy atom. The maximum Gasteiger partial charge on any atom is 0.265 e. The molecule has 1 aliphatic rings. The summed E-state index contributed by atoms with van der Waals surface area (Å²) in [6.07, 6.45) is 5.87. The standard InChI is InChI=1S/C8H11NO2/c1-8(2)5-3-7(4-6-8)9(10)11/h3-5H,6H2,1-2H3. The molecule has 0 saturated heterocycles. The second kappa shape index (κ2) is 2.49. The quantitative estimate of drug-likeness (QED) is 0.428. The summed E-state index contributed by atoms with van der Waals surface area (Å²) in [6, 6.07) is 0. The van der Waals surface area contributed by atoms with E-state index >= 15 is 0 Å². The lowest BCUT2D eigenvalue weighted by atomic mass is 9.85. The predicted octanol–water partition coefficient (Wildman–Crippen LogP) is 2.13. The molecule has 0 N–H and O–H groups in total.